The number of hydrogen-bond donors (Lipinski definition) is 0. The lowest BCUT2D eigenvalue weighted by molar-refractivity contribution is 0.248. The first kappa shape index (κ1) is 23.3. The summed E-state index contributed by atoms with van der Waals surface area (Å²) in [6.45, 7) is 6.50. The van der Waals surface area contributed by atoms with Crippen molar-refractivity contribution in [3.8, 4) is 16.2 Å². The molecule has 1 aromatic heterocycles. The van der Waals surface area contributed by atoms with Crippen molar-refractivity contribution in [2.24, 2.45) is 0 Å². The van der Waals surface area contributed by atoms with E-state index in [9.17, 15) is 17.3 Å². The number of ether oxygens (including phenoxy) is 1. The van der Waals surface area contributed by atoms with Crippen molar-refractivity contribution in [2.75, 3.05) is 13.1 Å². The molecule has 0 saturated heterocycles. The third-order valence-corrected chi connectivity index (χ3v) is 7.92. The number of hydrogen-bond acceptors (Lipinski definition) is 3. The van der Waals surface area contributed by atoms with Gasteiger partial charge in [0, 0.05) is 9.13 Å². The molecule has 2 aromatic carbocycles. The van der Waals surface area contributed by atoms with E-state index in [1.165, 1.54) is 28.4 Å². The molecule has 0 amide bonds. The number of rotatable bonds is 3. The van der Waals surface area contributed by atoms with E-state index in [1.807, 2.05) is 22.7 Å². The van der Waals surface area contributed by atoms with Crippen LogP contribution in [-0.4, -0.2) is 20.3 Å². The van der Waals surface area contributed by atoms with Crippen molar-refractivity contribution in [3.05, 3.63) is 66.5 Å². The van der Waals surface area contributed by atoms with Crippen LogP contribution < -0.4 is 13.3 Å². The zero-order valence-electron chi connectivity index (χ0n) is 16.2. The molecular weight excluding hydrogens is 548 g/mol. The first-order chi connectivity index (χ1) is 14.2. The lowest BCUT2D eigenvalue weighted by atomic mass is 10.0. The molecule has 0 bridgehead atoms. The summed E-state index contributed by atoms with van der Waals surface area (Å²) in [6.07, 6.45) is -0.0209. The maximum absolute atomic E-state index is 9.75. The van der Waals surface area contributed by atoms with Crippen LogP contribution >= 0.6 is 45.3 Å². The van der Waals surface area contributed by atoms with Gasteiger partial charge in [0.25, 0.3) is 0 Å². The van der Waals surface area contributed by atoms with Gasteiger partial charge in [-0.1, -0.05) is 46.9 Å². The minimum atomic E-state index is -6.00. The van der Waals surface area contributed by atoms with Gasteiger partial charge >= 0.3 is 11.2 Å². The maximum atomic E-state index is 9.75. The first-order valence-corrected chi connectivity index (χ1v) is 12.0. The van der Waals surface area contributed by atoms with Crippen LogP contribution in [0.3, 0.4) is 0 Å². The van der Waals surface area contributed by atoms with E-state index in [0.717, 1.165) is 18.8 Å². The fourth-order valence-corrected chi connectivity index (χ4v) is 6.48. The first-order valence-electron chi connectivity index (χ1n) is 9.31. The maximum Gasteiger partial charge on any atom is 0.673 e. The highest BCUT2D eigenvalue weighted by atomic mass is 127. The Morgan fingerprint density at radius 3 is 2.17 bits per heavy atom. The number of halogens is 5. The highest BCUT2D eigenvalue weighted by molar-refractivity contribution is 14.1. The van der Waals surface area contributed by atoms with E-state index in [4.69, 9.17) is 4.74 Å². The predicted molar refractivity (Wildman–Crippen MR) is 126 cm³/mol. The summed E-state index contributed by atoms with van der Waals surface area (Å²) in [7, 11) is -6.00. The highest BCUT2D eigenvalue weighted by Crippen LogP contribution is 2.47. The van der Waals surface area contributed by atoms with E-state index in [2.05, 4.69) is 89.5 Å². The van der Waals surface area contributed by atoms with Gasteiger partial charge in [-0.15, -0.1) is 0 Å². The minimum Gasteiger partial charge on any atom is -0.479 e. The van der Waals surface area contributed by atoms with Gasteiger partial charge in [-0.2, -0.15) is 0 Å². The highest BCUT2D eigenvalue weighted by Gasteiger charge is 2.31. The van der Waals surface area contributed by atoms with Gasteiger partial charge in [-0.3, -0.25) is 0 Å². The van der Waals surface area contributed by atoms with Crippen LogP contribution in [0.15, 0.2) is 48.5 Å². The fraction of sp³-hybridized carbons (Fsp3) is 0.250. The Morgan fingerprint density at radius 1 is 0.967 bits per heavy atom. The van der Waals surface area contributed by atoms with E-state index in [-0.39, 0.29) is 6.10 Å². The molecular formula is C20H19BF4INOS2. The SMILES string of the molecule is CC[N+](CC)=c1sc2c(s1)C(c1ccc(I)cc1)Oc1ccccc1-2.F[B-](F)(F)F. The summed E-state index contributed by atoms with van der Waals surface area (Å²) >= 11 is 6.13. The molecule has 2 heterocycles. The van der Waals surface area contributed by atoms with Crippen molar-refractivity contribution >= 4 is 52.5 Å². The second-order valence-corrected chi connectivity index (χ2v) is 9.91. The van der Waals surface area contributed by atoms with Crippen molar-refractivity contribution in [1.29, 1.82) is 0 Å². The van der Waals surface area contributed by atoms with E-state index < -0.39 is 7.25 Å². The quantitative estimate of drug-likeness (QED) is 0.149. The van der Waals surface area contributed by atoms with Crippen LogP contribution in [0.4, 0.5) is 17.3 Å². The Hall–Kier alpha value is -1.40. The number of nitrogens with zero attached hydrogens (tertiary/aromatic N) is 1. The van der Waals surface area contributed by atoms with Crippen LogP contribution in [0.2, 0.25) is 0 Å². The molecule has 160 valence electrons. The smallest absolute Gasteiger partial charge is 0.479 e. The number of fused-ring (bicyclic) bond motifs is 3. The van der Waals surface area contributed by atoms with Crippen molar-refractivity contribution in [2.45, 2.75) is 20.0 Å². The van der Waals surface area contributed by atoms with Gasteiger partial charge < -0.3 is 22.0 Å². The molecule has 0 spiro atoms. The normalized spacial score (nSPS) is 14.7. The molecule has 30 heavy (non-hydrogen) atoms. The Kier molecular flexibility index (Phi) is 7.62. The molecule has 10 heteroatoms. The Morgan fingerprint density at radius 2 is 1.57 bits per heavy atom. The zero-order valence-corrected chi connectivity index (χ0v) is 20.0. The molecule has 4 rings (SSSR count). The van der Waals surface area contributed by atoms with Crippen molar-refractivity contribution in [1.82, 2.24) is 4.58 Å². The van der Waals surface area contributed by atoms with Crippen LogP contribution in [0, 0.1) is 3.57 Å². The molecule has 0 aliphatic carbocycles. The van der Waals surface area contributed by atoms with Gasteiger partial charge in [0.2, 0.25) is 0 Å². The summed E-state index contributed by atoms with van der Waals surface area (Å²) < 4.78 is 50.5. The van der Waals surface area contributed by atoms with Crippen LogP contribution in [0.1, 0.15) is 30.4 Å². The summed E-state index contributed by atoms with van der Waals surface area (Å²) in [5.74, 6) is 0.985. The van der Waals surface area contributed by atoms with Crippen molar-refractivity contribution in [3.63, 3.8) is 0 Å². The molecule has 1 atom stereocenters. The second-order valence-electron chi connectivity index (χ2n) is 6.38. The molecule has 0 fully saturated rings. The van der Waals surface area contributed by atoms with Gasteiger partial charge in [0.15, 0.2) is 6.10 Å². The van der Waals surface area contributed by atoms with Gasteiger partial charge in [0.05, 0.1) is 9.75 Å². The number of benzene rings is 2. The van der Waals surface area contributed by atoms with Gasteiger partial charge in [-0.05, 0) is 66.3 Å². The van der Waals surface area contributed by atoms with E-state index in [0.29, 0.717) is 0 Å². The zero-order chi connectivity index (χ0) is 21.9. The summed E-state index contributed by atoms with van der Waals surface area (Å²) in [5, 5.41) is 0. The third kappa shape index (κ3) is 5.64. The predicted octanol–water partition coefficient (Wildman–Crippen LogP) is 6.68. The summed E-state index contributed by atoms with van der Waals surface area (Å²) in [5.41, 5.74) is 2.44. The summed E-state index contributed by atoms with van der Waals surface area (Å²) in [4.78, 5) is 2.68. The molecule has 1 aliphatic rings. The molecule has 0 N–H and O–H groups in total. The lowest BCUT2D eigenvalue weighted by Gasteiger charge is -2.25. The molecule has 1 unspecified atom stereocenters. The van der Waals surface area contributed by atoms with Crippen LogP contribution in [0.5, 0.6) is 5.75 Å². The Balaban J connectivity index is 0.000000461. The average molecular weight is 567 g/mol. The molecule has 2 nitrogen and oxygen atoms in total. The Bertz CT molecular complexity index is 1070. The van der Waals surface area contributed by atoms with E-state index >= 15 is 0 Å². The topological polar surface area (TPSA) is 12.2 Å². The molecule has 0 radical (unpaired) electrons. The monoisotopic (exact) mass is 567 g/mol. The Labute approximate surface area is 194 Å². The number of para-hydroxylation sites is 1. The van der Waals surface area contributed by atoms with Crippen LogP contribution in [0.25, 0.3) is 10.4 Å². The standard InChI is InChI=1S/C20H19INOS2.BF4/c1-3-22(4-2)20-24-18-15-7-5-6-8-16(15)23-17(19(18)25-20)13-9-11-14(21)12-10-13;2-1(3,4)5/h5-12,17H,3-4H2,1-2H3;/q+1;-1. The molecule has 1 aliphatic heterocycles. The van der Waals surface area contributed by atoms with Crippen molar-refractivity contribution < 1.29 is 22.0 Å². The minimum absolute atomic E-state index is 0.0209. The molecule has 3 aromatic rings. The molecule has 0 saturated carbocycles. The fourth-order valence-electron chi connectivity index (χ4n) is 3.06. The van der Waals surface area contributed by atoms with Gasteiger partial charge in [-0.25, -0.2) is 4.58 Å². The summed E-state index contributed by atoms with van der Waals surface area (Å²) in [6, 6.07) is 17.1. The average Bonchev–Trinajstić information content (AvgIpc) is 3.13. The second kappa shape index (κ2) is 9.82. The third-order valence-electron chi connectivity index (χ3n) is 4.42. The van der Waals surface area contributed by atoms with Gasteiger partial charge in [0.1, 0.15) is 18.8 Å². The largest absolute Gasteiger partial charge is 0.673 e. The van der Waals surface area contributed by atoms with E-state index in [1.54, 1.807) is 0 Å². The van der Waals surface area contributed by atoms with Crippen LogP contribution in [-0.2, 0) is 0 Å². The lowest BCUT2D eigenvalue weighted by Crippen LogP contribution is -2.25.